The average Bonchev–Trinajstić information content (AvgIpc) is 3.26. The van der Waals surface area contributed by atoms with Crippen LogP contribution in [-0.2, 0) is 16.0 Å². The normalized spacial score (nSPS) is 22.5. The molecule has 1 aromatic carbocycles. The van der Waals surface area contributed by atoms with E-state index in [1.807, 2.05) is 32.9 Å². The van der Waals surface area contributed by atoms with Crippen LogP contribution in [0.2, 0.25) is 5.02 Å². The molecule has 138 valence electrons. The number of nitrogens with zero attached hydrogens (tertiary/aromatic N) is 3. The minimum Gasteiger partial charge on any atom is -0.375 e. The molecule has 3 atom stereocenters. The predicted octanol–water partition coefficient (Wildman–Crippen LogP) is 2.50. The summed E-state index contributed by atoms with van der Waals surface area (Å²) in [6, 6.07) is 7.14. The standard InChI is InChI=1S/C19H22ClN3O3/c1-14-10-25-17(26-14)18(2,3)19(24,11-23-13-21-12-22-23)9-8-15-4-6-16(20)7-5-15/h4-7,12-14,17,24H,10-11H2,1-3H3. The smallest absolute Gasteiger partial charge is 0.167 e. The lowest BCUT2D eigenvalue weighted by molar-refractivity contribution is -0.191. The van der Waals surface area contributed by atoms with Gasteiger partial charge in [0.25, 0.3) is 0 Å². The van der Waals surface area contributed by atoms with Crippen LogP contribution in [0.3, 0.4) is 0 Å². The van der Waals surface area contributed by atoms with Crippen molar-refractivity contribution in [2.45, 2.75) is 45.3 Å². The molecule has 6 nitrogen and oxygen atoms in total. The van der Waals surface area contributed by atoms with Crippen molar-refractivity contribution in [3.8, 4) is 11.8 Å². The van der Waals surface area contributed by atoms with Crippen molar-refractivity contribution in [1.29, 1.82) is 0 Å². The van der Waals surface area contributed by atoms with Gasteiger partial charge in [-0.15, -0.1) is 0 Å². The Labute approximate surface area is 158 Å². The van der Waals surface area contributed by atoms with Crippen molar-refractivity contribution in [3.05, 3.63) is 47.5 Å². The van der Waals surface area contributed by atoms with Gasteiger partial charge in [-0.05, 0) is 31.2 Å². The van der Waals surface area contributed by atoms with E-state index in [4.69, 9.17) is 21.1 Å². The van der Waals surface area contributed by atoms with Crippen LogP contribution < -0.4 is 0 Å². The van der Waals surface area contributed by atoms with Crippen LogP contribution in [0.1, 0.15) is 26.3 Å². The maximum Gasteiger partial charge on any atom is 0.167 e. The van der Waals surface area contributed by atoms with E-state index in [1.165, 1.54) is 6.33 Å². The Morgan fingerprint density at radius 2 is 2.08 bits per heavy atom. The predicted molar refractivity (Wildman–Crippen MR) is 97.4 cm³/mol. The molecule has 1 saturated heterocycles. The number of rotatable bonds is 4. The van der Waals surface area contributed by atoms with E-state index in [0.29, 0.717) is 11.6 Å². The Bertz CT molecular complexity index is 796. The highest BCUT2D eigenvalue weighted by molar-refractivity contribution is 6.30. The van der Waals surface area contributed by atoms with Crippen molar-refractivity contribution in [3.63, 3.8) is 0 Å². The van der Waals surface area contributed by atoms with Crippen molar-refractivity contribution >= 4 is 11.6 Å². The van der Waals surface area contributed by atoms with Gasteiger partial charge in [0.15, 0.2) is 11.9 Å². The van der Waals surface area contributed by atoms with Crippen molar-refractivity contribution in [1.82, 2.24) is 14.8 Å². The summed E-state index contributed by atoms with van der Waals surface area (Å²) < 4.78 is 13.1. The minimum atomic E-state index is -1.46. The number of aromatic nitrogens is 3. The molecule has 3 rings (SSSR count). The van der Waals surface area contributed by atoms with Crippen molar-refractivity contribution < 1.29 is 14.6 Å². The quantitative estimate of drug-likeness (QED) is 0.831. The molecule has 1 aliphatic heterocycles. The van der Waals surface area contributed by atoms with Gasteiger partial charge in [-0.2, -0.15) is 5.10 Å². The second kappa shape index (κ2) is 7.37. The lowest BCUT2D eigenvalue weighted by Gasteiger charge is -2.41. The van der Waals surface area contributed by atoms with Crippen molar-refractivity contribution in [2.24, 2.45) is 5.41 Å². The molecule has 2 aromatic rings. The molecular formula is C19H22ClN3O3. The summed E-state index contributed by atoms with van der Waals surface area (Å²) in [5.41, 5.74) is -1.53. The molecule has 26 heavy (non-hydrogen) atoms. The summed E-state index contributed by atoms with van der Waals surface area (Å²) in [7, 11) is 0. The van der Waals surface area contributed by atoms with E-state index in [0.717, 1.165) is 5.56 Å². The zero-order valence-electron chi connectivity index (χ0n) is 15.0. The van der Waals surface area contributed by atoms with E-state index in [-0.39, 0.29) is 12.6 Å². The summed E-state index contributed by atoms with van der Waals surface area (Å²) in [6.45, 7) is 6.31. The number of hydrogen-bond donors (Lipinski definition) is 1. The minimum absolute atomic E-state index is 0.0286. The lowest BCUT2D eigenvalue weighted by atomic mass is 9.74. The maximum atomic E-state index is 11.5. The largest absolute Gasteiger partial charge is 0.375 e. The van der Waals surface area contributed by atoms with E-state index < -0.39 is 17.3 Å². The molecule has 0 bridgehead atoms. The molecular weight excluding hydrogens is 354 g/mol. The number of hydrogen-bond acceptors (Lipinski definition) is 5. The fraction of sp³-hybridized carbons (Fsp3) is 0.474. The number of benzene rings is 1. The van der Waals surface area contributed by atoms with Crippen molar-refractivity contribution in [2.75, 3.05) is 6.61 Å². The van der Waals surface area contributed by atoms with Crippen LogP contribution in [0.25, 0.3) is 0 Å². The zero-order chi connectivity index (χ0) is 18.8. The highest BCUT2D eigenvalue weighted by Crippen LogP contribution is 2.40. The molecule has 3 unspecified atom stereocenters. The average molecular weight is 376 g/mol. The fourth-order valence-electron chi connectivity index (χ4n) is 2.75. The SMILES string of the molecule is CC1COC(C(C)(C)C(O)(C#Cc2ccc(Cl)cc2)Cn2cncn2)O1. The highest BCUT2D eigenvalue weighted by atomic mass is 35.5. The first-order chi connectivity index (χ1) is 12.3. The lowest BCUT2D eigenvalue weighted by Crippen LogP contribution is -2.54. The molecule has 0 spiro atoms. The fourth-order valence-corrected chi connectivity index (χ4v) is 2.87. The number of aliphatic hydroxyl groups is 1. The van der Waals surface area contributed by atoms with Crippen LogP contribution in [-0.4, -0.2) is 44.5 Å². The molecule has 0 amide bonds. The first-order valence-electron chi connectivity index (χ1n) is 8.41. The third-order valence-electron chi connectivity index (χ3n) is 4.61. The second-order valence-electron chi connectivity index (χ2n) is 7.04. The van der Waals surface area contributed by atoms with Gasteiger partial charge < -0.3 is 14.6 Å². The van der Waals surface area contributed by atoms with Gasteiger partial charge in [0, 0.05) is 10.6 Å². The van der Waals surface area contributed by atoms with Gasteiger partial charge >= 0.3 is 0 Å². The van der Waals surface area contributed by atoms with Crippen LogP contribution in [0.4, 0.5) is 0 Å². The molecule has 0 aliphatic carbocycles. The summed E-state index contributed by atoms with van der Waals surface area (Å²) >= 11 is 5.92. The Balaban J connectivity index is 1.95. The van der Waals surface area contributed by atoms with Crippen LogP contribution in [0.15, 0.2) is 36.9 Å². The first kappa shape index (κ1) is 18.9. The highest BCUT2D eigenvalue weighted by Gasteiger charge is 2.52. The molecule has 7 heteroatoms. The summed E-state index contributed by atoms with van der Waals surface area (Å²) in [6.07, 6.45) is 2.36. The van der Waals surface area contributed by atoms with E-state index in [2.05, 4.69) is 21.9 Å². The van der Waals surface area contributed by atoms with Gasteiger partial charge in [0.2, 0.25) is 0 Å². The molecule has 1 aromatic heterocycles. The second-order valence-corrected chi connectivity index (χ2v) is 7.48. The zero-order valence-corrected chi connectivity index (χ0v) is 15.8. The van der Waals surface area contributed by atoms with Gasteiger partial charge in [-0.25, -0.2) is 9.67 Å². The number of ether oxygens (including phenoxy) is 2. The molecule has 0 saturated carbocycles. The van der Waals surface area contributed by atoms with E-state index >= 15 is 0 Å². The van der Waals surface area contributed by atoms with Gasteiger partial charge in [0.05, 0.1) is 24.7 Å². The van der Waals surface area contributed by atoms with Gasteiger partial charge in [-0.3, -0.25) is 0 Å². The topological polar surface area (TPSA) is 69.4 Å². The summed E-state index contributed by atoms with van der Waals surface area (Å²) in [5, 5.41) is 16.3. The molecule has 2 heterocycles. The third-order valence-corrected chi connectivity index (χ3v) is 4.86. The molecule has 1 aliphatic rings. The Morgan fingerprint density at radius 1 is 1.35 bits per heavy atom. The number of halogens is 1. The first-order valence-corrected chi connectivity index (χ1v) is 8.78. The van der Waals surface area contributed by atoms with Crippen LogP contribution in [0.5, 0.6) is 0 Å². The van der Waals surface area contributed by atoms with E-state index in [9.17, 15) is 5.11 Å². The Hall–Kier alpha value is -1.91. The molecule has 1 fully saturated rings. The van der Waals surface area contributed by atoms with E-state index in [1.54, 1.807) is 23.1 Å². The van der Waals surface area contributed by atoms with Crippen LogP contribution in [0, 0.1) is 17.3 Å². The molecule has 1 N–H and O–H groups in total. The van der Waals surface area contributed by atoms with Crippen LogP contribution >= 0.6 is 11.6 Å². The van der Waals surface area contributed by atoms with Gasteiger partial charge in [-0.1, -0.05) is 37.3 Å². The van der Waals surface area contributed by atoms with Gasteiger partial charge in [0.1, 0.15) is 12.7 Å². The monoisotopic (exact) mass is 375 g/mol. The summed E-state index contributed by atoms with van der Waals surface area (Å²) in [5.74, 6) is 6.05. The molecule has 0 radical (unpaired) electrons. The third kappa shape index (κ3) is 3.92. The Morgan fingerprint density at radius 3 is 2.65 bits per heavy atom. The summed E-state index contributed by atoms with van der Waals surface area (Å²) in [4.78, 5) is 3.94. The maximum absolute atomic E-state index is 11.5. The Kier molecular flexibility index (Phi) is 5.35.